The fourth-order valence-corrected chi connectivity index (χ4v) is 1.60. The quantitative estimate of drug-likeness (QED) is 0.437. The average Bonchev–Trinajstić information content (AvgIpc) is 1.86. The van der Waals surface area contributed by atoms with Crippen molar-refractivity contribution < 1.29 is 4.79 Å². The molecule has 1 N–H and O–H groups in total. The number of nitrogens with zero attached hydrogens (tertiary/aromatic N) is 1. The van der Waals surface area contributed by atoms with Crippen molar-refractivity contribution in [2.24, 2.45) is 0 Å². The Morgan fingerprint density at radius 3 is 2.64 bits per heavy atom. The standard InChI is InChI=1S/C7H13IN2O/c1-7(2,8)10-5-3-4-9-6(10)11/h3-5H2,1-2H3,(H,9,11). The number of nitrogens with one attached hydrogen (secondary N) is 1. The van der Waals surface area contributed by atoms with Crippen LogP contribution in [0.15, 0.2) is 0 Å². The number of urea groups is 1. The van der Waals surface area contributed by atoms with E-state index in [2.05, 4.69) is 27.9 Å². The van der Waals surface area contributed by atoms with Crippen LogP contribution in [-0.4, -0.2) is 27.6 Å². The van der Waals surface area contributed by atoms with E-state index in [0.29, 0.717) is 0 Å². The van der Waals surface area contributed by atoms with Gasteiger partial charge in [0, 0.05) is 13.1 Å². The largest absolute Gasteiger partial charge is 0.338 e. The molecule has 0 aromatic carbocycles. The zero-order chi connectivity index (χ0) is 8.48. The number of halogens is 1. The molecule has 1 aliphatic rings. The van der Waals surface area contributed by atoms with Gasteiger partial charge in [-0.05, 0) is 20.3 Å². The Bertz CT molecular complexity index is 164. The number of alkyl halides is 1. The van der Waals surface area contributed by atoms with Crippen LogP contribution in [0.5, 0.6) is 0 Å². The van der Waals surface area contributed by atoms with Crippen molar-refractivity contribution in [1.82, 2.24) is 10.2 Å². The molecule has 11 heavy (non-hydrogen) atoms. The first-order valence-electron chi connectivity index (χ1n) is 3.76. The molecule has 1 rings (SSSR count). The van der Waals surface area contributed by atoms with Crippen molar-refractivity contribution in [3.05, 3.63) is 0 Å². The average molecular weight is 268 g/mol. The lowest BCUT2D eigenvalue weighted by Crippen LogP contribution is -2.53. The van der Waals surface area contributed by atoms with Crippen molar-refractivity contribution in [1.29, 1.82) is 0 Å². The summed E-state index contributed by atoms with van der Waals surface area (Å²) in [6.07, 6.45) is 1.05. The Hall–Kier alpha value is 0. The summed E-state index contributed by atoms with van der Waals surface area (Å²) in [7, 11) is 0. The molecular weight excluding hydrogens is 255 g/mol. The highest BCUT2D eigenvalue weighted by atomic mass is 127. The summed E-state index contributed by atoms with van der Waals surface area (Å²) in [6.45, 7) is 5.78. The summed E-state index contributed by atoms with van der Waals surface area (Å²) >= 11 is 2.28. The number of rotatable bonds is 1. The maximum atomic E-state index is 11.3. The van der Waals surface area contributed by atoms with E-state index in [1.54, 1.807) is 0 Å². The second-order valence-electron chi connectivity index (χ2n) is 3.15. The summed E-state index contributed by atoms with van der Waals surface area (Å²) in [6, 6.07) is 0.0654. The molecule has 1 saturated heterocycles. The van der Waals surface area contributed by atoms with E-state index in [1.165, 1.54) is 0 Å². The van der Waals surface area contributed by atoms with Gasteiger partial charge in [-0.2, -0.15) is 0 Å². The zero-order valence-corrected chi connectivity index (χ0v) is 9.01. The molecule has 0 spiro atoms. The van der Waals surface area contributed by atoms with E-state index in [1.807, 2.05) is 18.7 Å². The molecule has 0 atom stereocenters. The highest BCUT2D eigenvalue weighted by Crippen LogP contribution is 2.23. The molecule has 2 amide bonds. The lowest BCUT2D eigenvalue weighted by atomic mass is 10.2. The molecule has 0 aromatic rings. The molecule has 64 valence electrons. The summed E-state index contributed by atoms with van der Waals surface area (Å²) in [5.74, 6) is 0. The number of hydrogen-bond acceptors (Lipinski definition) is 1. The first-order chi connectivity index (χ1) is 5.02. The lowest BCUT2D eigenvalue weighted by molar-refractivity contribution is 0.166. The van der Waals surface area contributed by atoms with Crippen LogP contribution in [0.4, 0.5) is 4.79 Å². The molecule has 4 heteroatoms. The smallest absolute Gasteiger partial charge is 0.318 e. The number of carbonyl (C=O) groups excluding carboxylic acids is 1. The summed E-state index contributed by atoms with van der Waals surface area (Å²) in [5, 5.41) is 2.82. The van der Waals surface area contributed by atoms with Crippen molar-refractivity contribution >= 4 is 28.6 Å². The minimum absolute atomic E-state index is 0.0654. The van der Waals surface area contributed by atoms with Crippen molar-refractivity contribution in [2.75, 3.05) is 13.1 Å². The maximum Gasteiger partial charge on any atom is 0.318 e. The molecule has 1 fully saturated rings. The fraction of sp³-hybridized carbons (Fsp3) is 0.857. The number of amides is 2. The first-order valence-corrected chi connectivity index (χ1v) is 4.84. The summed E-state index contributed by atoms with van der Waals surface area (Å²) in [4.78, 5) is 13.1. The number of carbonyl (C=O) groups is 1. The topological polar surface area (TPSA) is 32.3 Å². The highest BCUT2D eigenvalue weighted by molar-refractivity contribution is 14.1. The van der Waals surface area contributed by atoms with Crippen LogP contribution in [0, 0.1) is 0 Å². The van der Waals surface area contributed by atoms with Gasteiger partial charge in [-0.1, -0.05) is 22.6 Å². The van der Waals surface area contributed by atoms with Crippen LogP contribution in [0.25, 0.3) is 0 Å². The third-order valence-electron chi connectivity index (χ3n) is 1.72. The first kappa shape index (κ1) is 9.09. The van der Waals surface area contributed by atoms with Crippen LogP contribution in [0.3, 0.4) is 0 Å². The van der Waals surface area contributed by atoms with Gasteiger partial charge in [0.2, 0.25) is 0 Å². The second-order valence-corrected chi connectivity index (χ2v) is 5.79. The van der Waals surface area contributed by atoms with Gasteiger partial charge in [-0.3, -0.25) is 0 Å². The van der Waals surface area contributed by atoms with Gasteiger partial charge in [0.05, 0.1) is 3.55 Å². The predicted molar refractivity (Wildman–Crippen MR) is 52.8 cm³/mol. The van der Waals surface area contributed by atoms with Crippen LogP contribution in [-0.2, 0) is 0 Å². The molecule has 3 nitrogen and oxygen atoms in total. The Morgan fingerprint density at radius 1 is 1.64 bits per heavy atom. The molecule has 0 aromatic heterocycles. The molecule has 1 heterocycles. The predicted octanol–water partition coefficient (Wildman–Crippen LogP) is 1.57. The van der Waals surface area contributed by atoms with Gasteiger partial charge in [-0.25, -0.2) is 4.79 Å². The van der Waals surface area contributed by atoms with E-state index in [-0.39, 0.29) is 9.58 Å². The Balaban J connectivity index is 2.62. The van der Waals surface area contributed by atoms with E-state index in [4.69, 9.17) is 0 Å². The van der Waals surface area contributed by atoms with E-state index >= 15 is 0 Å². The van der Waals surface area contributed by atoms with E-state index in [0.717, 1.165) is 19.5 Å². The third kappa shape index (κ3) is 2.21. The van der Waals surface area contributed by atoms with Crippen LogP contribution in [0.1, 0.15) is 20.3 Å². The molecule has 0 aliphatic carbocycles. The van der Waals surface area contributed by atoms with Gasteiger partial charge < -0.3 is 10.2 Å². The Labute approximate surface area is 80.7 Å². The van der Waals surface area contributed by atoms with Crippen molar-refractivity contribution in [3.8, 4) is 0 Å². The van der Waals surface area contributed by atoms with Crippen LogP contribution in [0.2, 0.25) is 0 Å². The summed E-state index contributed by atoms with van der Waals surface area (Å²) in [5.41, 5.74) is 0. The molecule has 0 bridgehead atoms. The second kappa shape index (κ2) is 3.16. The van der Waals surface area contributed by atoms with Crippen LogP contribution >= 0.6 is 22.6 Å². The Kier molecular flexibility index (Phi) is 2.61. The normalized spacial score (nSPS) is 19.9. The van der Waals surface area contributed by atoms with Gasteiger partial charge >= 0.3 is 6.03 Å². The van der Waals surface area contributed by atoms with Crippen molar-refractivity contribution in [2.45, 2.75) is 23.8 Å². The minimum Gasteiger partial charge on any atom is -0.338 e. The SMILES string of the molecule is CC(C)(I)N1CCCNC1=O. The molecular formula is C7H13IN2O. The molecule has 1 aliphatic heterocycles. The highest BCUT2D eigenvalue weighted by Gasteiger charge is 2.29. The monoisotopic (exact) mass is 268 g/mol. The third-order valence-corrected chi connectivity index (χ3v) is 2.30. The van der Waals surface area contributed by atoms with Crippen molar-refractivity contribution in [3.63, 3.8) is 0 Å². The van der Waals surface area contributed by atoms with Gasteiger partial charge in [0.25, 0.3) is 0 Å². The van der Waals surface area contributed by atoms with E-state index < -0.39 is 0 Å². The lowest BCUT2D eigenvalue weighted by Gasteiger charge is -2.36. The van der Waals surface area contributed by atoms with Gasteiger partial charge in [0.15, 0.2) is 0 Å². The number of hydrogen-bond donors (Lipinski definition) is 1. The maximum absolute atomic E-state index is 11.3. The molecule has 0 radical (unpaired) electrons. The fourth-order valence-electron chi connectivity index (χ4n) is 1.14. The minimum atomic E-state index is -0.0672. The molecule has 0 unspecified atom stereocenters. The Morgan fingerprint density at radius 2 is 2.27 bits per heavy atom. The molecule has 0 saturated carbocycles. The van der Waals surface area contributed by atoms with Gasteiger partial charge in [-0.15, -0.1) is 0 Å². The van der Waals surface area contributed by atoms with Crippen LogP contribution < -0.4 is 5.32 Å². The zero-order valence-electron chi connectivity index (χ0n) is 6.85. The van der Waals surface area contributed by atoms with Gasteiger partial charge in [0.1, 0.15) is 0 Å². The summed E-state index contributed by atoms with van der Waals surface area (Å²) < 4.78 is -0.0672. The van der Waals surface area contributed by atoms with E-state index in [9.17, 15) is 4.79 Å².